The van der Waals surface area contributed by atoms with Gasteiger partial charge in [0.25, 0.3) is 5.91 Å². The predicted octanol–water partition coefficient (Wildman–Crippen LogP) is 0.548. The van der Waals surface area contributed by atoms with Gasteiger partial charge in [-0.1, -0.05) is 18.2 Å². The lowest BCUT2D eigenvalue weighted by Crippen LogP contribution is -2.23. The zero-order valence-corrected chi connectivity index (χ0v) is 6.64. The highest BCUT2D eigenvalue weighted by atomic mass is 16.3. The lowest BCUT2D eigenvalue weighted by Gasteiger charge is -2.03. The summed E-state index contributed by atoms with van der Waals surface area (Å²) in [6.45, 7) is 0. The number of hydrogen-bond donors (Lipinski definition) is 1. The minimum absolute atomic E-state index is 0.475. The lowest BCUT2D eigenvalue weighted by molar-refractivity contribution is -0.125. The molecule has 1 aromatic carbocycles. The minimum atomic E-state index is -1.18. The van der Waals surface area contributed by atoms with Crippen molar-refractivity contribution in [2.24, 2.45) is 0 Å². The number of nitriles is 1. The Hall–Kier alpha value is -1.86. The second-order valence-electron chi connectivity index (χ2n) is 2.74. The van der Waals surface area contributed by atoms with Crippen LogP contribution in [0.4, 0.5) is 5.69 Å². The number of hydrogen-bond acceptors (Lipinski definition) is 3. The standard InChI is InChI=1S/C9H6N2O2/c10-5-11-7-4-2-1-3-6(7)8(12)9(11)13/h1-4,8,12H/t8-/m1/s1. The number of fused-ring (bicyclic) bond motifs is 1. The van der Waals surface area contributed by atoms with Gasteiger partial charge in [0.05, 0.1) is 5.69 Å². The number of carbonyl (C=O) groups is 1. The predicted molar refractivity (Wildman–Crippen MR) is 44.5 cm³/mol. The van der Waals surface area contributed by atoms with E-state index in [9.17, 15) is 9.90 Å². The Morgan fingerprint density at radius 1 is 1.46 bits per heavy atom. The van der Waals surface area contributed by atoms with Crippen LogP contribution in [0.1, 0.15) is 11.7 Å². The normalized spacial score (nSPS) is 19.8. The van der Waals surface area contributed by atoms with Crippen molar-refractivity contribution in [1.29, 1.82) is 5.26 Å². The van der Waals surface area contributed by atoms with E-state index in [2.05, 4.69) is 0 Å². The molecule has 0 spiro atoms. The molecular weight excluding hydrogens is 168 g/mol. The van der Waals surface area contributed by atoms with Crippen LogP contribution in [0.2, 0.25) is 0 Å². The molecular formula is C9H6N2O2. The molecule has 1 atom stereocenters. The van der Waals surface area contributed by atoms with Gasteiger partial charge in [0, 0.05) is 5.56 Å². The van der Waals surface area contributed by atoms with E-state index < -0.39 is 12.0 Å². The molecule has 1 N–H and O–H groups in total. The number of rotatable bonds is 0. The third-order valence-corrected chi connectivity index (χ3v) is 2.03. The van der Waals surface area contributed by atoms with Gasteiger partial charge in [0.1, 0.15) is 0 Å². The number of carbonyl (C=O) groups excluding carboxylic acids is 1. The van der Waals surface area contributed by atoms with Gasteiger partial charge < -0.3 is 5.11 Å². The summed E-state index contributed by atoms with van der Waals surface area (Å²) in [5, 5.41) is 18.1. The number of aliphatic hydroxyl groups excluding tert-OH is 1. The molecule has 0 saturated carbocycles. The Balaban J connectivity index is 2.61. The zero-order valence-electron chi connectivity index (χ0n) is 6.64. The molecule has 0 saturated heterocycles. The average Bonchev–Trinajstić information content (AvgIpc) is 2.41. The third-order valence-electron chi connectivity index (χ3n) is 2.03. The molecule has 1 amide bonds. The summed E-state index contributed by atoms with van der Waals surface area (Å²) in [5.74, 6) is -0.580. The van der Waals surface area contributed by atoms with Gasteiger partial charge in [-0.2, -0.15) is 5.26 Å². The monoisotopic (exact) mass is 174 g/mol. The van der Waals surface area contributed by atoms with E-state index in [0.29, 0.717) is 11.3 Å². The number of para-hydroxylation sites is 1. The summed E-state index contributed by atoms with van der Waals surface area (Å²) < 4.78 is 0. The van der Waals surface area contributed by atoms with Crippen LogP contribution in [0.5, 0.6) is 0 Å². The molecule has 1 heterocycles. The van der Waals surface area contributed by atoms with E-state index in [-0.39, 0.29) is 0 Å². The molecule has 0 unspecified atom stereocenters. The van der Waals surface area contributed by atoms with Gasteiger partial charge >= 0.3 is 0 Å². The highest BCUT2D eigenvalue weighted by molar-refractivity contribution is 6.05. The topological polar surface area (TPSA) is 64.3 Å². The van der Waals surface area contributed by atoms with Crippen molar-refractivity contribution >= 4 is 11.6 Å². The van der Waals surface area contributed by atoms with Crippen LogP contribution < -0.4 is 4.90 Å². The van der Waals surface area contributed by atoms with E-state index in [1.165, 1.54) is 0 Å². The molecule has 4 nitrogen and oxygen atoms in total. The highest BCUT2D eigenvalue weighted by Gasteiger charge is 2.35. The van der Waals surface area contributed by atoms with Gasteiger partial charge in [-0.15, -0.1) is 0 Å². The molecule has 4 heteroatoms. The second-order valence-corrected chi connectivity index (χ2v) is 2.74. The maximum Gasteiger partial charge on any atom is 0.273 e. The van der Waals surface area contributed by atoms with Gasteiger partial charge in [-0.3, -0.25) is 4.79 Å². The number of aliphatic hydroxyl groups is 1. The molecule has 0 radical (unpaired) electrons. The first-order valence-electron chi connectivity index (χ1n) is 3.76. The van der Waals surface area contributed by atoms with E-state index >= 15 is 0 Å². The molecule has 0 fully saturated rings. The van der Waals surface area contributed by atoms with E-state index in [1.807, 2.05) is 0 Å². The Labute approximate surface area is 74.6 Å². The maximum atomic E-state index is 11.2. The smallest absolute Gasteiger partial charge is 0.273 e. The second kappa shape index (κ2) is 2.57. The number of anilines is 1. The Morgan fingerprint density at radius 3 is 2.85 bits per heavy atom. The molecule has 2 rings (SSSR count). The first-order chi connectivity index (χ1) is 6.25. The highest BCUT2D eigenvalue weighted by Crippen LogP contribution is 2.34. The molecule has 13 heavy (non-hydrogen) atoms. The summed E-state index contributed by atoms with van der Waals surface area (Å²) >= 11 is 0. The summed E-state index contributed by atoms with van der Waals surface area (Å²) in [5.41, 5.74) is 0.969. The van der Waals surface area contributed by atoms with Crippen molar-refractivity contribution in [2.75, 3.05) is 4.90 Å². The number of nitrogens with zero attached hydrogens (tertiary/aromatic N) is 2. The molecule has 1 aromatic rings. The van der Waals surface area contributed by atoms with Gasteiger partial charge in [-0.25, -0.2) is 4.90 Å². The van der Waals surface area contributed by atoms with Crippen LogP contribution >= 0.6 is 0 Å². The average molecular weight is 174 g/mol. The maximum absolute atomic E-state index is 11.2. The van der Waals surface area contributed by atoms with Crippen LogP contribution in [0.15, 0.2) is 24.3 Å². The zero-order chi connectivity index (χ0) is 9.42. The fraction of sp³-hybridized carbons (Fsp3) is 0.111. The molecule has 64 valence electrons. The summed E-state index contributed by atoms with van der Waals surface area (Å²) in [4.78, 5) is 12.1. The van der Waals surface area contributed by atoms with Crippen molar-refractivity contribution < 1.29 is 9.90 Å². The SMILES string of the molecule is N#CN1C(=O)[C@H](O)c2ccccc21. The van der Waals surface area contributed by atoms with Gasteiger partial charge in [0.2, 0.25) is 0 Å². The van der Waals surface area contributed by atoms with Crippen molar-refractivity contribution in [3.8, 4) is 6.19 Å². The Bertz CT molecular complexity index is 408. The van der Waals surface area contributed by atoms with Crippen LogP contribution in [0, 0.1) is 11.5 Å². The minimum Gasteiger partial charge on any atom is -0.378 e. The summed E-state index contributed by atoms with van der Waals surface area (Å²) in [6, 6.07) is 6.70. The van der Waals surface area contributed by atoms with Gasteiger partial charge in [-0.05, 0) is 6.07 Å². The number of amides is 1. The third kappa shape index (κ3) is 0.912. The molecule has 0 aromatic heterocycles. The van der Waals surface area contributed by atoms with E-state index in [1.54, 1.807) is 30.5 Å². The summed E-state index contributed by atoms with van der Waals surface area (Å²) in [7, 11) is 0. The first-order valence-corrected chi connectivity index (χ1v) is 3.76. The fourth-order valence-electron chi connectivity index (χ4n) is 1.40. The Kier molecular flexibility index (Phi) is 1.54. The number of benzene rings is 1. The first kappa shape index (κ1) is 7.77. The summed E-state index contributed by atoms with van der Waals surface area (Å²) in [6.07, 6.45) is 0.540. The van der Waals surface area contributed by atoms with E-state index in [0.717, 1.165) is 4.90 Å². The molecule has 1 aliphatic rings. The van der Waals surface area contributed by atoms with Crippen LogP contribution in [-0.4, -0.2) is 11.0 Å². The molecule has 0 aliphatic carbocycles. The van der Waals surface area contributed by atoms with Crippen molar-refractivity contribution in [2.45, 2.75) is 6.10 Å². The van der Waals surface area contributed by atoms with Crippen molar-refractivity contribution in [3.63, 3.8) is 0 Å². The Morgan fingerprint density at radius 2 is 2.15 bits per heavy atom. The molecule has 0 bridgehead atoms. The van der Waals surface area contributed by atoms with Crippen LogP contribution in [0.25, 0.3) is 0 Å². The van der Waals surface area contributed by atoms with Crippen LogP contribution in [0.3, 0.4) is 0 Å². The molecule has 1 aliphatic heterocycles. The van der Waals surface area contributed by atoms with Gasteiger partial charge in [0.15, 0.2) is 12.3 Å². The fourth-order valence-corrected chi connectivity index (χ4v) is 1.40. The van der Waals surface area contributed by atoms with E-state index in [4.69, 9.17) is 5.26 Å². The van der Waals surface area contributed by atoms with Crippen LogP contribution in [-0.2, 0) is 4.79 Å². The largest absolute Gasteiger partial charge is 0.378 e. The lowest BCUT2D eigenvalue weighted by atomic mass is 10.1. The van der Waals surface area contributed by atoms with Crippen molar-refractivity contribution in [1.82, 2.24) is 0 Å². The van der Waals surface area contributed by atoms with Crippen molar-refractivity contribution in [3.05, 3.63) is 29.8 Å². The quantitative estimate of drug-likeness (QED) is 0.584.